The Kier molecular flexibility index (Phi) is 2.20. The lowest BCUT2D eigenvalue weighted by atomic mass is 9.85. The Morgan fingerprint density at radius 3 is 2.73 bits per heavy atom. The summed E-state index contributed by atoms with van der Waals surface area (Å²) < 4.78 is 9.91. The zero-order valence-electron chi connectivity index (χ0n) is 6.66. The zero-order valence-corrected chi connectivity index (χ0v) is 6.66. The summed E-state index contributed by atoms with van der Waals surface area (Å²) in [6.45, 7) is 4.06. The highest BCUT2D eigenvalue weighted by molar-refractivity contribution is 6.19. The largest absolute Gasteiger partial charge is 0.479 e. The Bertz CT molecular complexity index is 168. The van der Waals surface area contributed by atoms with Gasteiger partial charge in [0.15, 0.2) is 0 Å². The van der Waals surface area contributed by atoms with E-state index in [-0.39, 0.29) is 7.69 Å². The lowest BCUT2D eigenvalue weighted by Gasteiger charge is -2.35. The van der Waals surface area contributed by atoms with E-state index in [1.165, 1.54) is 0 Å². The van der Waals surface area contributed by atoms with Crippen LogP contribution >= 0.6 is 0 Å². The van der Waals surface area contributed by atoms with Gasteiger partial charge in [-0.3, -0.25) is 0 Å². The summed E-state index contributed by atoms with van der Waals surface area (Å²) in [6, 6.07) is 0. The van der Waals surface area contributed by atoms with Crippen LogP contribution in [0.1, 0.15) is 13.8 Å². The number of hydrogen-bond donors (Lipinski definition) is 1. The van der Waals surface area contributed by atoms with Gasteiger partial charge in [0.2, 0.25) is 0 Å². The highest BCUT2D eigenvalue weighted by Gasteiger charge is 2.39. The molecule has 1 atom stereocenters. The molecule has 0 aromatic carbocycles. The van der Waals surface area contributed by atoms with Crippen LogP contribution in [-0.4, -0.2) is 31.5 Å². The quantitative estimate of drug-likeness (QED) is 0.536. The first-order chi connectivity index (χ1) is 5.04. The molecule has 4 nitrogen and oxygen atoms in total. The first-order valence-electron chi connectivity index (χ1n) is 3.46. The molecular formula is C6H11BO4. The minimum Gasteiger partial charge on any atom is -0.479 e. The fraction of sp³-hybridized carbons (Fsp3) is 0.833. The number of carboxylic acid groups (broad SMARTS) is 1. The number of carbonyl (C=O) groups is 1. The predicted octanol–water partition coefficient (Wildman–Crippen LogP) is -0.221. The maximum Gasteiger partial charge on any atom is 0.438 e. The molecule has 0 amide bonds. The monoisotopic (exact) mass is 158 g/mol. The predicted molar refractivity (Wildman–Crippen MR) is 39.4 cm³/mol. The van der Waals surface area contributed by atoms with Crippen LogP contribution in [-0.2, 0) is 14.1 Å². The second kappa shape index (κ2) is 2.83. The van der Waals surface area contributed by atoms with E-state index in [1.54, 1.807) is 0 Å². The van der Waals surface area contributed by atoms with Crippen molar-refractivity contribution in [1.29, 1.82) is 0 Å². The van der Waals surface area contributed by atoms with Crippen molar-refractivity contribution in [1.82, 2.24) is 0 Å². The molecular weight excluding hydrogens is 147 g/mol. The average Bonchev–Trinajstić information content (AvgIpc) is 1.85. The van der Waals surface area contributed by atoms with Crippen LogP contribution in [0.4, 0.5) is 0 Å². The maximum absolute atomic E-state index is 10.6. The first-order valence-corrected chi connectivity index (χ1v) is 3.46. The third-order valence-electron chi connectivity index (χ3n) is 1.73. The molecule has 1 N–H and O–H groups in total. The third kappa shape index (κ3) is 1.72. The summed E-state index contributed by atoms with van der Waals surface area (Å²) in [5.74, 6) is -0.918. The minimum absolute atomic E-state index is 0.0837. The molecule has 11 heavy (non-hydrogen) atoms. The molecule has 1 rings (SSSR count). The smallest absolute Gasteiger partial charge is 0.438 e. The first kappa shape index (κ1) is 8.55. The van der Waals surface area contributed by atoms with Crippen molar-refractivity contribution in [3.8, 4) is 0 Å². The molecule has 1 aliphatic heterocycles. The van der Waals surface area contributed by atoms with Crippen molar-refractivity contribution in [2.24, 2.45) is 5.41 Å². The third-order valence-corrected chi connectivity index (χ3v) is 1.73. The van der Waals surface area contributed by atoms with E-state index >= 15 is 0 Å². The number of rotatable bonds is 1. The van der Waals surface area contributed by atoms with E-state index in [1.807, 2.05) is 13.8 Å². The molecule has 0 saturated carbocycles. The van der Waals surface area contributed by atoms with Crippen LogP contribution in [0.5, 0.6) is 0 Å². The maximum atomic E-state index is 10.6. The lowest BCUT2D eigenvalue weighted by Crippen LogP contribution is -2.47. The van der Waals surface area contributed by atoms with Crippen LogP contribution in [0.25, 0.3) is 0 Å². The van der Waals surface area contributed by atoms with Crippen molar-refractivity contribution >= 4 is 13.7 Å². The summed E-state index contributed by atoms with van der Waals surface area (Å²) >= 11 is 0. The standard InChI is InChI=1S/C6H11BO4/c1-6(2)3-10-7-11-4(6)5(8)9/h4,7H,3H2,1-2H3,(H,8,9). The van der Waals surface area contributed by atoms with E-state index in [0.717, 1.165) is 0 Å². The van der Waals surface area contributed by atoms with Gasteiger partial charge in [-0.15, -0.1) is 0 Å². The molecule has 0 aromatic heterocycles. The molecule has 0 aliphatic carbocycles. The van der Waals surface area contributed by atoms with Crippen molar-refractivity contribution in [3.63, 3.8) is 0 Å². The van der Waals surface area contributed by atoms with Crippen LogP contribution in [0.3, 0.4) is 0 Å². The second-order valence-corrected chi connectivity index (χ2v) is 3.34. The fourth-order valence-corrected chi connectivity index (χ4v) is 1.13. The van der Waals surface area contributed by atoms with Crippen molar-refractivity contribution in [3.05, 3.63) is 0 Å². The van der Waals surface area contributed by atoms with Gasteiger partial charge >= 0.3 is 13.7 Å². The van der Waals surface area contributed by atoms with Gasteiger partial charge in [-0.25, -0.2) is 4.79 Å². The second-order valence-electron chi connectivity index (χ2n) is 3.34. The van der Waals surface area contributed by atoms with Gasteiger partial charge in [-0.1, -0.05) is 13.8 Å². The molecule has 1 fully saturated rings. The summed E-state index contributed by atoms with van der Waals surface area (Å²) in [5.41, 5.74) is -0.427. The Morgan fingerprint density at radius 2 is 2.36 bits per heavy atom. The van der Waals surface area contributed by atoms with E-state index in [9.17, 15) is 4.79 Å². The van der Waals surface area contributed by atoms with Crippen LogP contribution in [0.2, 0.25) is 0 Å². The van der Waals surface area contributed by atoms with E-state index in [0.29, 0.717) is 6.61 Å². The molecule has 1 aliphatic rings. The minimum atomic E-state index is -0.918. The summed E-state index contributed by atoms with van der Waals surface area (Å²) in [5, 5.41) is 8.69. The molecule has 0 radical (unpaired) electrons. The lowest BCUT2D eigenvalue weighted by molar-refractivity contribution is -0.156. The molecule has 1 saturated heterocycles. The Balaban J connectivity index is 2.67. The van der Waals surface area contributed by atoms with E-state index in [2.05, 4.69) is 0 Å². The molecule has 0 bridgehead atoms. The molecule has 1 heterocycles. The summed E-state index contributed by atoms with van der Waals surface area (Å²) in [6.07, 6.45) is -0.740. The zero-order chi connectivity index (χ0) is 8.48. The molecule has 0 aromatic rings. The summed E-state index contributed by atoms with van der Waals surface area (Å²) in [4.78, 5) is 10.6. The van der Waals surface area contributed by atoms with Crippen LogP contribution in [0, 0.1) is 5.41 Å². The molecule has 5 heteroatoms. The van der Waals surface area contributed by atoms with Gasteiger partial charge in [-0.05, 0) is 0 Å². The number of carboxylic acids is 1. The van der Waals surface area contributed by atoms with E-state index in [4.69, 9.17) is 14.4 Å². The van der Waals surface area contributed by atoms with Gasteiger partial charge < -0.3 is 14.4 Å². The van der Waals surface area contributed by atoms with Gasteiger partial charge in [-0.2, -0.15) is 0 Å². The van der Waals surface area contributed by atoms with Gasteiger partial charge in [0.05, 0.1) is 0 Å². The van der Waals surface area contributed by atoms with Gasteiger partial charge in [0.1, 0.15) is 6.10 Å². The Labute approximate surface area is 65.8 Å². The van der Waals surface area contributed by atoms with Crippen LogP contribution < -0.4 is 0 Å². The molecule has 1 unspecified atom stereocenters. The topological polar surface area (TPSA) is 55.8 Å². The molecule has 62 valence electrons. The van der Waals surface area contributed by atoms with Crippen LogP contribution in [0.15, 0.2) is 0 Å². The Hall–Kier alpha value is -0.545. The highest BCUT2D eigenvalue weighted by Crippen LogP contribution is 2.26. The highest BCUT2D eigenvalue weighted by atomic mass is 16.6. The number of aliphatic carboxylic acids is 1. The fourth-order valence-electron chi connectivity index (χ4n) is 1.13. The summed E-state index contributed by atoms with van der Waals surface area (Å²) in [7, 11) is 0.0837. The van der Waals surface area contributed by atoms with E-state index < -0.39 is 17.5 Å². The van der Waals surface area contributed by atoms with Gasteiger partial charge in [0.25, 0.3) is 0 Å². The Morgan fingerprint density at radius 1 is 1.73 bits per heavy atom. The van der Waals surface area contributed by atoms with Crippen molar-refractivity contribution in [2.45, 2.75) is 20.0 Å². The molecule has 0 spiro atoms. The normalized spacial score (nSPS) is 29.1. The number of hydrogen-bond acceptors (Lipinski definition) is 3. The SMILES string of the molecule is CC1(C)COBOC1C(=O)O. The van der Waals surface area contributed by atoms with Crippen molar-refractivity contribution < 1.29 is 19.2 Å². The van der Waals surface area contributed by atoms with Gasteiger partial charge in [0, 0.05) is 12.0 Å². The van der Waals surface area contributed by atoms with Crippen molar-refractivity contribution in [2.75, 3.05) is 6.61 Å². The average molecular weight is 158 g/mol.